The molecule has 0 saturated carbocycles. The number of amides is 2. The molecule has 1 aliphatic rings. The van der Waals surface area contributed by atoms with E-state index in [0.717, 1.165) is 38.1 Å². The minimum Gasteiger partial charge on any atom is -0.370 e. The Hall–Kier alpha value is -3.56. The highest BCUT2D eigenvalue weighted by Gasteiger charge is 2.32. The van der Waals surface area contributed by atoms with Crippen molar-refractivity contribution in [2.75, 3.05) is 23.3 Å². The number of alkyl halides is 3. The van der Waals surface area contributed by atoms with E-state index in [-0.39, 0.29) is 12.2 Å². The molecular formula is C21H21F3N6O. The SMILES string of the molecule is O=C(NCc1cccnc1-n1cccn1)Nc1cc(C(F)(F)F)ccc1N1CCCC1. The predicted octanol–water partition coefficient (Wildman–Crippen LogP) is 4.21. The first-order valence-electron chi connectivity index (χ1n) is 9.87. The van der Waals surface area contributed by atoms with Crippen LogP contribution in [0.15, 0.2) is 55.0 Å². The third kappa shape index (κ3) is 4.79. The van der Waals surface area contributed by atoms with E-state index in [2.05, 4.69) is 20.7 Å². The number of nitrogens with one attached hydrogen (secondary N) is 2. The monoisotopic (exact) mass is 430 g/mol. The fourth-order valence-corrected chi connectivity index (χ4v) is 3.56. The topological polar surface area (TPSA) is 75.1 Å². The van der Waals surface area contributed by atoms with Crippen molar-refractivity contribution in [1.29, 1.82) is 0 Å². The molecule has 2 amide bonds. The molecule has 1 aromatic carbocycles. The van der Waals surface area contributed by atoms with Crippen molar-refractivity contribution in [3.63, 3.8) is 0 Å². The highest BCUT2D eigenvalue weighted by molar-refractivity contribution is 5.93. The van der Waals surface area contributed by atoms with Crippen LogP contribution in [0.4, 0.5) is 29.3 Å². The number of urea groups is 1. The molecule has 2 N–H and O–H groups in total. The van der Waals surface area contributed by atoms with Crippen molar-refractivity contribution < 1.29 is 18.0 Å². The van der Waals surface area contributed by atoms with Crippen LogP contribution in [-0.2, 0) is 12.7 Å². The summed E-state index contributed by atoms with van der Waals surface area (Å²) in [6.45, 7) is 1.61. The van der Waals surface area contributed by atoms with E-state index in [0.29, 0.717) is 17.1 Å². The van der Waals surface area contributed by atoms with Gasteiger partial charge >= 0.3 is 12.2 Å². The summed E-state index contributed by atoms with van der Waals surface area (Å²) in [5.41, 5.74) is 0.621. The van der Waals surface area contributed by atoms with Crippen LogP contribution >= 0.6 is 0 Å². The van der Waals surface area contributed by atoms with Gasteiger partial charge in [-0.3, -0.25) is 0 Å². The van der Waals surface area contributed by atoms with Gasteiger partial charge in [0, 0.05) is 43.8 Å². The van der Waals surface area contributed by atoms with Gasteiger partial charge in [-0.2, -0.15) is 18.3 Å². The highest BCUT2D eigenvalue weighted by Crippen LogP contribution is 2.36. The summed E-state index contributed by atoms with van der Waals surface area (Å²) in [5, 5.41) is 9.43. The normalized spacial score (nSPS) is 14.0. The van der Waals surface area contributed by atoms with Gasteiger partial charge in [0.2, 0.25) is 0 Å². The summed E-state index contributed by atoms with van der Waals surface area (Å²) in [6.07, 6.45) is 2.40. The Morgan fingerprint density at radius 2 is 1.90 bits per heavy atom. The van der Waals surface area contributed by atoms with Gasteiger partial charge in [0.15, 0.2) is 5.82 Å². The van der Waals surface area contributed by atoms with Gasteiger partial charge in [-0.05, 0) is 43.2 Å². The molecule has 4 rings (SSSR count). The molecular weight excluding hydrogens is 409 g/mol. The molecule has 10 heteroatoms. The first-order chi connectivity index (χ1) is 14.9. The molecule has 0 aliphatic carbocycles. The van der Waals surface area contributed by atoms with E-state index in [1.165, 1.54) is 6.07 Å². The predicted molar refractivity (Wildman–Crippen MR) is 110 cm³/mol. The van der Waals surface area contributed by atoms with Gasteiger partial charge in [0.1, 0.15) is 0 Å². The van der Waals surface area contributed by atoms with Crippen molar-refractivity contribution in [3.05, 3.63) is 66.1 Å². The number of hydrogen-bond donors (Lipinski definition) is 2. The minimum absolute atomic E-state index is 0.132. The Kier molecular flexibility index (Phi) is 5.79. The molecule has 0 unspecified atom stereocenters. The average molecular weight is 430 g/mol. The zero-order valence-electron chi connectivity index (χ0n) is 16.6. The molecule has 1 fully saturated rings. The number of anilines is 2. The summed E-state index contributed by atoms with van der Waals surface area (Å²) in [6, 6.07) is 8.13. The molecule has 0 radical (unpaired) electrons. The van der Waals surface area contributed by atoms with Gasteiger partial charge < -0.3 is 15.5 Å². The molecule has 1 aliphatic heterocycles. The summed E-state index contributed by atoms with van der Waals surface area (Å²) < 4.78 is 41.2. The van der Waals surface area contributed by atoms with Crippen molar-refractivity contribution in [3.8, 4) is 5.82 Å². The molecule has 2 aromatic heterocycles. The fraction of sp³-hybridized carbons (Fsp3) is 0.286. The maximum absolute atomic E-state index is 13.2. The zero-order chi connectivity index (χ0) is 21.8. The van der Waals surface area contributed by atoms with Gasteiger partial charge in [0.05, 0.1) is 16.9 Å². The fourth-order valence-electron chi connectivity index (χ4n) is 3.56. The van der Waals surface area contributed by atoms with Crippen LogP contribution in [0.1, 0.15) is 24.0 Å². The molecule has 31 heavy (non-hydrogen) atoms. The number of nitrogens with zero attached hydrogens (tertiary/aromatic N) is 4. The third-order valence-corrected chi connectivity index (χ3v) is 5.05. The molecule has 162 valence electrons. The zero-order valence-corrected chi connectivity index (χ0v) is 16.6. The number of carbonyl (C=O) groups is 1. The van der Waals surface area contributed by atoms with E-state index >= 15 is 0 Å². The largest absolute Gasteiger partial charge is 0.416 e. The first-order valence-corrected chi connectivity index (χ1v) is 9.87. The van der Waals surface area contributed by atoms with Crippen molar-refractivity contribution in [2.24, 2.45) is 0 Å². The number of benzene rings is 1. The van der Waals surface area contributed by atoms with Gasteiger partial charge in [-0.25, -0.2) is 14.5 Å². The Morgan fingerprint density at radius 3 is 2.61 bits per heavy atom. The number of aromatic nitrogens is 3. The lowest BCUT2D eigenvalue weighted by molar-refractivity contribution is -0.137. The van der Waals surface area contributed by atoms with E-state index in [9.17, 15) is 18.0 Å². The number of pyridine rings is 1. The lowest BCUT2D eigenvalue weighted by atomic mass is 10.1. The van der Waals surface area contributed by atoms with Gasteiger partial charge in [-0.15, -0.1) is 0 Å². The molecule has 7 nitrogen and oxygen atoms in total. The smallest absolute Gasteiger partial charge is 0.370 e. The Bertz CT molecular complexity index is 1050. The number of hydrogen-bond acceptors (Lipinski definition) is 4. The Morgan fingerprint density at radius 1 is 1.10 bits per heavy atom. The quantitative estimate of drug-likeness (QED) is 0.636. The number of halogens is 3. The second-order valence-electron chi connectivity index (χ2n) is 7.17. The standard InChI is InChI=1S/C21H21F3N6O/c22-21(23,24)16-6-7-18(29-10-1-2-11-29)17(13-16)28-20(31)26-14-15-5-3-8-25-19(15)30-12-4-9-27-30/h3-9,12-13H,1-2,10-11,14H2,(H2,26,28,31). The minimum atomic E-state index is -4.50. The molecule has 1 saturated heterocycles. The molecule has 3 aromatic rings. The van der Waals surface area contributed by atoms with Crippen LogP contribution < -0.4 is 15.5 Å². The van der Waals surface area contributed by atoms with Crippen molar-refractivity contribution in [2.45, 2.75) is 25.6 Å². The third-order valence-electron chi connectivity index (χ3n) is 5.05. The van der Waals surface area contributed by atoms with E-state index in [4.69, 9.17) is 0 Å². The second-order valence-corrected chi connectivity index (χ2v) is 7.17. The van der Waals surface area contributed by atoms with Crippen molar-refractivity contribution in [1.82, 2.24) is 20.1 Å². The Balaban J connectivity index is 1.51. The van der Waals surface area contributed by atoms with Gasteiger partial charge in [0.25, 0.3) is 0 Å². The summed E-state index contributed by atoms with van der Waals surface area (Å²) >= 11 is 0. The number of rotatable bonds is 5. The molecule has 0 atom stereocenters. The molecule has 0 spiro atoms. The average Bonchev–Trinajstić information content (AvgIpc) is 3.46. The van der Waals surface area contributed by atoms with Crippen LogP contribution in [-0.4, -0.2) is 33.9 Å². The van der Waals surface area contributed by atoms with Crippen LogP contribution in [0.2, 0.25) is 0 Å². The van der Waals surface area contributed by atoms with Gasteiger partial charge in [-0.1, -0.05) is 6.07 Å². The van der Waals surface area contributed by atoms with E-state index in [1.54, 1.807) is 41.5 Å². The van der Waals surface area contributed by atoms with Crippen molar-refractivity contribution >= 4 is 17.4 Å². The van der Waals surface area contributed by atoms with Crippen LogP contribution in [0.5, 0.6) is 0 Å². The maximum Gasteiger partial charge on any atom is 0.416 e. The van der Waals surface area contributed by atoms with E-state index in [1.807, 2.05) is 4.90 Å². The highest BCUT2D eigenvalue weighted by atomic mass is 19.4. The van der Waals surface area contributed by atoms with E-state index < -0.39 is 17.8 Å². The van der Waals surface area contributed by atoms with Crippen LogP contribution in [0.3, 0.4) is 0 Å². The Labute approximate surface area is 176 Å². The summed E-state index contributed by atoms with van der Waals surface area (Å²) in [7, 11) is 0. The molecule has 0 bridgehead atoms. The second kappa shape index (κ2) is 8.66. The molecule has 3 heterocycles. The summed E-state index contributed by atoms with van der Waals surface area (Å²) in [5.74, 6) is 0.560. The number of carbonyl (C=O) groups excluding carboxylic acids is 1. The maximum atomic E-state index is 13.2. The first kappa shape index (κ1) is 20.7. The van der Waals surface area contributed by atoms with Crippen LogP contribution in [0, 0.1) is 0 Å². The summed E-state index contributed by atoms with van der Waals surface area (Å²) in [4.78, 5) is 18.8. The van der Waals surface area contributed by atoms with Crippen LogP contribution in [0.25, 0.3) is 5.82 Å². The lowest BCUT2D eigenvalue weighted by Gasteiger charge is -2.23. The lowest BCUT2D eigenvalue weighted by Crippen LogP contribution is -2.30.